The highest BCUT2D eigenvalue weighted by molar-refractivity contribution is 7.99. The Labute approximate surface area is 127 Å². The lowest BCUT2D eigenvalue weighted by Gasteiger charge is -2.36. The standard InChI is InChI=1S/C13H17ClN4OS/c14-10-1-2-12(15-7-10)17-3-5-18(6-4-17)13(19)11-8-20-9-16-11/h1-2,7,11,16H,3-6,8-9H2. The molecule has 1 atom stereocenters. The quantitative estimate of drug-likeness (QED) is 0.884. The lowest BCUT2D eigenvalue weighted by molar-refractivity contribution is -0.132. The van der Waals surface area contributed by atoms with E-state index in [1.807, 2.05) is 17.0 Å². The molecule has 3 heterocycles. The van der Waals surface area contributed by atoms with E-state index in [9.17, 15) is 4.79 Å². The summed E-state index contributed by atoms with van der Waals surface area (Å²) in [4.78, 5) is 20.8. The Bertz CT molecular complexity index is 470. The Morgan fingerprint density at radius 2 is 2.15 bits per heavy atom. The molecule has 1 unspecified atom stereocenters. The van der Waals surface area contributed by atoms with Crippen LogP contribution in [0.5, 0.6) is 0 Å². The van der Waals surface area contributed by atoms with Crippen LogP contribution in [-0.2, 0) is 4.79 Å². The van der Waals surface area contributed by atoms with Crippen LogP contribution < -0.4 is 10.2 Å². The van der Waals surface area contributed by atoms with Crippen molar-refractivity contribution in [2.45, 2.75) is 6.04 Å². The number of pyridine rings is 1. The normalized spacial score (nSPS) is 23.1. The van der Waals surface area contributed by atoms with Crippen molar-refractivity contribution in [2.75, 3.05) is 42.7 Å². The van der Waals surface area contributed by atoms with Crippen molar-refractivity contribution in [2.24, 2.45) is 0 Å². The number of halogens is 1. The van der Waals surface area contributed by atoms with Gasteiger partial charge in [-0.2, -0.15) is 0 Å². The van der Waals surface area contributed by atoms with Gasteiger partial charge in [-0.25, -0.2) is 4.98 Å². The number of anilines is 1. The number of aromatic nitrogens is 1. The highest BCUT2D eigenvalue weighted by atomic mass is 35.5. The summed E-state index contributed by atoms with van der Waals surface area (Å²) in [6.07, 6.45) is 1.66. The molecule has 2 fully saturated rings. The number of carbonyl (C=O) groups is 1. The second-order valence-corrected chi connectivity index (χ2v) is 6.39. The minimum Gasteiger partial charge on any atom is -0.353 e. The van der Waals surface area contributed by atoms with E-state index in [1.165, 1.54) is 0 Å². The number of piperazine rings is 1. The van der Waals surface area contributed by atoms with Crippen LogP contribution in [0.3, 0.4) is 0 Å². The molecule has 0 aromatic carbocycles. The van der Waals surface area contributed by atoms with Crippen LogP contribution in [0.1, 0.15) is 0 Å². The number of hydrogen-bond donors (Lipinski definition) is 1. The molecule has 20 heavy (non-hydrogen) atoms. The van der Waals surface area contributed by atoms with Crippen molar-refractivity contribution in [3.63, 3.8) is 0 Å². The van der Waals surface area contributed by atoms with Gasteiger partial charge in [0.15, 0.2) is 0 Å². The van der Waals surface area contributed by atoms with E-state index in [0.29, 0.717) is 5.02 Å². The molecule has 108 valence electrons. The highest BCUT2D eigenvalue weighted by Crippen LogP contribution is 2.17. The maximum absolute atomic E-state index is 12.3. The fourth-order valence-corrected chi connectivity index (χ4v) is 3.53. The molecule has 1 amide bonds. The van der Waals surface area contributed by atoms with Crippen LogP contribution in [0, 0.1) is 0 Å². The molecule has 1 aromatic rings. The molecular formula is C13H17ClN4OS. The maximum atomic E-state index is 12.3. The van der Waals surface area contributed by atoms with Crippen molar-refractivity contribution >= 4 is 35.1 Å². The third-order valence-electron chi connectivity index (χ3n) is 3.64. The minimum absolute atomic E-state index is 0.000192. The van der Waals surface area contributed by atoms with E-state index in [4.69, 9.17) is 11.6 Å². The number of carbonyl (C=O) groups excluding carboxylic acids is 1. The largest absolute Gasteiger partial charge is 0.353 e. The van der Waals surface area contributed by atoms with E-state index in [2.05, 4.69) is 15.2 Å². The first-order valence-corrected chi connectivity index (χ1v) is 8.24. The Balaban J connectivity index is 1.56. The number of nitrogens with zero attached hydrogens (tertiary/aromatic N) is 3. The molecule has 2 saturated heterocycles. The van der Waals surface area contributed by atoms with E-state index in [0.717, 1.165) is 43.6 Å². The number of thioether (sulfide) groups is 1. The zero-order valence-corrected chi connectivity index (χ0v) is 12.7. The van der Waals surface area contributed by atoms with E-state index in [1.54, 1.807) is 18.0 Å². The Hall–Kier alpha value is -0.980. The van der Waals surface area contributed by atoms with Gasteiger partial charge in [0.1, 0.15) is 5.82 Å². The van der Waals surface area contributed by atoms with Gasteiger partial charge in [-0.3, -0.25) is 10.1 Å². The number of amides is 1. The van der Waals surface area contributed by atoms with Gasteiger partial charge in [-0.1, -0.05) is 11.6 Å². The highest BCUT2D eigenvalue weighted by Gasteiger charge is 2.29. The first-order valence-electron chi connectivity index (χ1n) is 6.70. The lowest BCUT2D eigenvalue weighted by Crippen LogP contribution is -2.53. The van der Waals surface area contributed by atoms with Gasteiger partial charge < -0.3 is 9.80 Å². The number of hydrogen-bond acceptors (Lipinski definition) is 5. The predicted molar refractivity (Wildman–Crippen MR) is 82.3 cm³/mol. The van der Waals surface area contributed by atoms with Crippen LogP contribution in [0.15, 0.2) is 18.3 Å². The minimum atomic E-state index is 0.000192. The molecule has 2 aliphatic rings. The van der Waals surface area contributed by atoms with Gasteiger partial charge in [0, 0.05) is 44.0 Å². The van der Waals surface area contributed by atoms with Crippen LogP contribution >= 0.6 is 23.4 Å². The van der Waals surface area contributed by atoms with Gasteiger partial charge in [0.05, 0.1) is 11.1 Å². The molecular weight excluding hydrogens is 296 g/mol. The van der Waals surface area contributed by atoms with Gasteiger partial charge in [0.2, 0.25) is 5.91 Å². The predicted octanol–water partition coefficient (Wildman–Crippen LogP) is 1.05. The summed E-state index contributed by atoms with van der Waals surface area (Å²) in [7, 11) is 0. The fourth-order valence-electron chi connectivity index (χ4n) is 2.49. The third-order valence-corrected chi connectivity index (χ3v) is 4.80. The van der Waals surface area contributed by atoms with Crippen LogP contribution in [0.4, 0.5) is 5.82 Å². The molecule has 1 N–H and O–H groups in total. The molecule has 0 saturated carbocycles. The first-order chi connectivity index (χ1) is 9.74. The van der Waals surface area contributed by atoms with Gasteiger partial charge in [-0.15, -0.1) is 11.8 Å². The Morgan fingerprint density at radius 3 is 2.75 bits per heavy atom. The number of rotatable bonds is 2. The van der Waals surface area contributed by atoms with Crippen LogP contribution in [-0.4, -0.2) is 59.6 Å². The fraction of sp³-hybridized carbons (Fsp3) is 0.538. The second kappa shape index (κ2) is 6.20. The first kappa shape index (κ1) is 14.0. The van der Waals surface area contributed by atoms with Crippen molar-refractivity contribution in [3.8, 4) is 0 Å². The molecule has 1 aromatic heterocycles. The van der Waals surface area contributed by atoms with Crippen LogP contribution in [0.2, 0.25) is 5.02 Å². The lowest BCUT2D eigenvalue weighted by atomic mass is 10.2. The molecule has 0 radical (unpaired) electrons. The summed E-state index contributed by atoms with van der Waals surface area (Å²) in [5, 5.41) is 3.88. The van der Waals surface area contributed by atoms with Gasteiger partial charge in [0.25, 0.3) is 0 Å². The van der Waals surface area contributed by atoms with Crippen molar-refractivity contribution < 1.29 is 4.79 Å². The summed E-state index contributed by atoms with van der Waals surface area (Å²) < 4.78 is 0. The third kappa shape index (κ3) is 3.02. The average molecular weight is 313 g/mol. The van der Waals surface area contributed by atoms with E-state index < -0.39 is 0 Å². The maximum Gasteiger partial charge on any atom is 0.240 e. The summed E-state index contributed by atoms with van der Waals surface area (Å²) in [6, 6.07) is 3.77. The average Bonchev–Trinajstić information content (AvgIpc) is 3.02. The SMILES string of the molecule is O=C(C1CSCN1)N1CCN(c2ccc(Cl)cn2)CC1. The van der Waals surface area contributed by atoms with E-state index >= 15 is 0 Å². The summed E-state index contributed by atoms with van der Waals surface area (Å²) in [5.74, 6) is 2.93. The molecule has 5 nitrogen and oxygen atoms in total. The second-order valence-electron chi connectivity index (χ2n) is 4.92. The number of nitrogens with one attached hydrogen (secondary N) is 1. The molecule has 7 heteroatoms. The van der Waals surface area contributed by atoms with Crippen LogP contribution in [0.25, 0.3) is 0 Å². The Morgan fingerprint density at radius 1 is 1.35 bits per heavy atom. The molecule has 0 spiro atoms. The van der Waals surface area contributed by atoms with Crippen molar-refractivity contribution in [1.82, 2.24) is 15.2 Å². The Kier molecular flexibility index (Phi) is 4.33. The van der Waals surface area contributed by atoms with Gasteiger partial charge in [-0.05, 0) is 12.1 Å². The summed E-state index contributed by atoms with van der Waals surface area (Å²) in [5.41, 5.74) is 0. The molecule has 3 rings (SSSR count). The molecule has 0 aliphatic carbocycles. The van der Waals surface area contributed by atoms with E-state index in [-0.39, 0.29) is 11.9 Å². The van der Waals surface area contributed by atoms with Crippen molar-refractivity contribution in [1.29, 1.82) is 0 Å². The molecule has 0 bridgehead atoms. The van der Waals surface area contributed by atoms with Gasteiger partial charge >= 0.3 is 0 Å². The molecule has 2 aliphatic heterocycles. The zero-order chi connectivity index (χ0) is 13.9. The zero-order valence-electron chi connectivity index (χ0n) is 11.1. The topological polar surface area (TPSA) is 48.5 Å². The smallest absolute Gasteiger partial charge is 0.240 e. The monoisotopic (exact) mass is 312 g/mol. The summed E-state index contributed by atoms with van der Waals surface area (Å²) in [6.45, 7) is 3.15. The summed E-state index contributed by atoms with van der Waals surface area (Å²) >= 11 is 7.63. The van der Waals surface area contributed by atoms with Crippen molar-refractivity contribution in [3.05, 3.63) is 23.4 Å².